The molecule has 0 bridgehead atoms. The number of nitrogens with two attached hydrogens (primary N) is 1. The van der Waals surface area contributed by atoms with E-state index in [4.69, 9.17) is 5.73 Å². The van der Waals surface area contributed by atoms with Gasteiger partial charge in [-0.05, 0) is 31.9 Å². The number of rotatable bonds is 4. The lowest BCUT2D eigenvalue weighted by Crippen LogP contribution is -2.49. The van der Waals surface area contributed by atoms with E-state index in [2.05, 4.69) is 0 Å². The summed E-state index contributed by atoms with van der Waals surface area (Å²) in [6, 6.07) is 15.6. The van der Waals surface area contributed by atoms with E-state index in [1.165, 1.54) is 0 Å². The van der Waals surface area contributed by atoms with Crippen molar-refractivity contribution in [2.24, 2.45) is 11.1 Å². The number of benzene rings is 2. The summed E-state index contributed by atoms with van der Waals surface area (Å²) in [5.74, 6) is -0.421. The number of hydrogen-bond acceptors (Lipinski definition) is 4. The molecule has 2 heterocycles. The molecule has 0 aromatic heterocycles. The summed E-state index contributed by atoms with van der Waals surface area (Å²) < 4.78 is 0. The van der Waals surface area contributed by atoms with Gasteiger partial charge in [-0.15, -0.1) is 0 Å². The Hall–Kier alpha value is -2.99. The van der Waals surface area contributed by atoms with Gasteiger partial charge in [0.15, 0.2) is 5.78 Å². The van der Waals surface area contributed by atoms with Crippen LogP contribution in [-0.4, -0.2) is 59.1 Å². The molecular weight excluding hydrogens is 378 g/mol. The van der Waals surface area contributed by atoms with Gasteiger partial charge in [0, 0.05) is 25.2 Å². The van der Waals surface area contributed by atoms with Crippen molar-refractivity contribution in [1.82, 2.24) is 9.80 Å². The van der Waals surface area contributed by atoms with Gasteiger partial charge in [0.05, 0.1) is 23.1 Å². The van der Waals surface area contributed by atoms with E-state index in [1.807, 2.05) is 44.2 Å². The molecule has 3 atom stereocenters. The fourth-order valence-corrected chi connectivity index (χ4v) is 4.84. The van der Waals surface area contributed by atoms with E-state index in [0.29, 0.717) is 30.6 Å². The highest BCUT2D eigenvalue weighted by atomic mass is 16.2. The number of likely N-dealkylation sites (N-methyl/N-ethyl adjacent to an activating group) is 1. The van der Waals surface area contributed by atoms with Crippen LogP contribution in [-0.2, 0) is 11.2 Å². The molecule has 1 unspecified atom stereocenters. The second-order valence-electron chi connectivity index (χ2n) is 8.41. The first-order valence-electron chi connectivity index (χ1n) is 10.4. The van der Waals surface area contributed by atoms with Gasteiger partial charge in [0.1, 0.15) is 0 Å². The molecule has 1 saturated heterocycles. The number of amides is 2. The maximum atomic E-state index is 13.5. The van der Waals surface area contributed by atoms with E-state index in [-0.39, 0.29) is 30.2 Å². The van der Waals surface area contributed by atoms with Crippen molar-refractivity contribution in [1.29, 1.82) is 0 Å². The van der Waals surface area contributed by atoms with E-state index >= 15 is 0 Å². The first-order valence-corrected chi connectivity index (χ1v) is 10.4. The topological polar surface area (TPSA) is 83.7 Å². The molecular formula is C24H27N3O3. The number of hydrogen-bond donors (Lipinski definition) is 1. The summed E-state index contributed by atoms with van der Waals surface area (Å²) in [5.41, 5.74) is 7.26. The average molecular weight is 405 g/mol. The van der Waals surface area contributed by atoms with E-state index < -0.39 is 11.5 Å². The Bertz CT molecular complexity index is 990. The lowest BCUT2D eigenvalue weighted by molar-refractivity contribution is -0.131. The number of Topliss-reactive ketones (excluding diaryl/α,β-unsaturated/α-hetero) is 1. The SMILES string of the molecule is CCN1C(=O)c2ccccc2C(=O)[C@@]2(C)CN(C(=O)C(N)Cc3ccccc3)C[C@@H]12. The Morgan fingerprint density at radius 3 is 2.40 bits per heavy atom. The fraction of sp³-hybridized carbons (Fsp3) is 0.375. The lowest BCUT2D eigenvalue weighted by Gasteiger charge is -2.34. The molecule has 2 aliphatic rings. The van der Waals surface area contributed by atoms with E-state index in [0.717, 1.165) is 5.56 Å². The molecule has 6 heteroatoms. The number of fused-ring (bicyclic) bond motifs is 2. The first-order chi connectivity index (χ1) is 14.4. The summed E-state index contributed by atoms with van der Waals surface area (Å²) in [6.07, 6.45) is 0.435. The molecule has 2 aromatic carbocycles. The number of likely N-dealkylation sites (tertiary alicyclic amines) is 1. The Morgan fingerprint density at radius 2 is 1.73 bits per heavy atom. The minimum atomic E-state index is -0.861. The Balaban J connectivity index is 1.63. The van der Waals surface area contributed by atoms with Crippen LogP contribution in [0.1, 0.15) is 40.1 Å². The van der Waals surface area contributed by atoms with E-state index in [9.17, 15) is 14.4 Å². The molecule has 1 fully saturated rings. The van der Waals surface area contributed by atoms with Crippen LogP contribution in [0, 0.1) is 5.41 Å². The maximum absolute atomic E-state index is 13.5. The predicted octanol–water partition coefficient (Wildman–Crippen LogP) is 2.13. The lowest BCUT2D eigenvalue weighted by atomic mass is 9.78. The highest BCUT2D eigenvalue weighted by Gasteiger charge is 2.55. The highest BCUT2D eigenvalue weighted by Crippen LogP contribution is 2.41. The third-order valence-corrected chi connectivity index (χ3v) is 6.47. The third kappa shape index (κ3) is 3.21. The smallest absolute Gasteiger partial charge is 0.254 e. The fourth-order valence-electron chi connectivity index (χ4n) is 4.84. The Kier molecular flexibility index (Phi) is 5.20. The first kappa shape index (κ1) is 20.3. The number of carbonyl (C=O) groups is 3. The van der Waals surface area contributed by atoms with Crippen molar-refractivity contribution in [2.45, 2.75) is 32.4 Å². The van der Waals surface area contributed by atoms with E-state index in [1.54, 1.807) is 34.1 Å². The second-order valence-corrected chi connectivity index (χ2v) is 8.41. The molecule has 0 aliphatic carbocycles. The van der Waals surface area contributed by atoms with Crippen molar-refractivity contribution in [2.75, 3.05) is 19.6 Å². The molecule has 2 aliphatic heterocycles. The maximum Gasteiger partial charge on any atom is 0.254 e. The molecule has 4 rings (SSSR count). The van der Waals surface area contributed by atoms with Crippen molar-refractivity contribution in [3.05, 3.63) is 71.3 Å². The zero-order chi connectivity index (χ0) is 21.5. The largest absolute Gasteiger partial charge is 0.338 e. The molecule has 156 valence electrons. The molecule has 2 aromatic rings. The van der Waals surface area contributed by atoms with Crippen molar-refractivity contribution in [3.8, 4) is 0 Å². The standard InChI is InChI=1S/C24H27N3O3/c1-3-27-20-14-26(23(30)19(25)13-16-9-5-4-6-10-16)15-24(20,2)21(28)17-11-7-8-12-18(17)22(27)29/h4-12,19-20H,3,13-15,25H2,1-2H3/t19?,20-,24+/m1/s1. The predicted molar refractivity (Wildman–Crippen MR) is 114 cm³/mol. The molecule has 2 amide bonds. The molecule has 2 N–H and O–H groups in total. The zero-order valence-corrected chi connectivity index (χ0v) is 17.4. The summed E-state index contributed by atoms with van der Waals surface area (Å²) in [7, 11) is 0. The second kappa shape index (κ2) is 7.69. The van der Waals surface area contributed by atoms with Crippen molar-refractivity contribution in [3.63, 3.8) is 0 Å². The van der Waals surface area contributed by atoms with Gasteiger partial charge in [-0.3, -0.25) is 14.4 Å². The molecule has 0 radical (unpaired) electrons. The Labute approximate surface area is 176 Å². The minimum Gasteiger partial charge on any atom is -0.338 e. The molecule has 0 spiro atoms. The molecule has 0 saturated carbocycles. The average Bonchev–Trinajstić information content (AvgIpc) is 3.09. The summed E-state index contributed by atoms with van der Waals surface area (Å²) in [4.78, 5) is 43.3. The van der Waals surface area contributed by atoms with Gasteiger partial charge in [-0.25, -0.2) is 0 Å². The van der Waals surface area contributed by atoms with Crippen LogP contribution in [0.3, 0.4) is 0 Å². The van der Waals surface area contributed by atoms with Crippen LogP contribution in [0.2, 0.25) is 0 Å². The number of nitrogens with zero attached hydrogens (tertiary/aromatic N) is 2. The van der Waals surface area contributed by atoms with Gasteiger partial charge in [0.2, 0.25) is 5.91 Å². The Morgan fingerprint density at radius 1 is 1.10 bits per heavy atom. The molecule has 6 nitrogen and oxygen atoms in total. The summed E-state index contributed by atoms with van der Waals surface area (Å²) in [5, 5.41) is 0. The number of ketones is 1. The zero-order valence-electron chi connectivity index (χ0n) is 17.4. The van der Waals surface area contributed by atoms with Crippen molar-refractivity contribution < 1.29 is 14.4 Å². The summed E-state index contributed by atoms with van der Waals surface area (Å²) in [6.45, 7) is 4.82. The highest BCUT2D eigenvalue weighted by molar-refractivity contribution is 6.12. The quantitative estimate of drug-likeness (QED) is 0.845. The van der Waals surface area contributed by atoms with Gasteiger partial charge in [0.25, 0.3) is 5.91 Å². The van der Waals surface area contributed by atoms with Crippen LogP contribution < -0.4 is 5.73 Å². The summed E-state index contributed by atoms with van der Waals surface area (Å²) >= 11 is 0. The van der Waals surface area contributed by atoms with Crippen LogP contribution in [0.25, 0.3) is 0 Å². The van der Waals surface area contributed by atoms with Gasteiger partial charge in [-0.1, -0.05) is 48.5 Å². The van der Waals surface area contributed by atoms with Crippen molar-refractivity contribution >= 4 is 17.6 Å². The van der Waals surface area contributed by atoms with Gasteiger partial charge >= 0.3 is 0 Å². The van der Waals surface area contributed by atoms with Crippen LogP contribution in [0.15, 0.2) is 54.6 Å². The monoisotopic (exact) mass is 405 g/mol. The molecule has 30 heavy (non-hydrogen) atoms. The number of carbonyl (C=O) groups excluding carboxylic acids is 3. The van der Waals surface area contributed by atoms with Crippen LogP contribution in [0.5, 0.6) is 0 Å². The van der Waals surface area contributed by atoms with Crippen LogP contribution in [0.4, 0.5) is 0 Å². The third-order valence-electron chi connectivity index (χ3n) is 6.47. The van der Waals surface area contributed by atoms with Gasteiger partial charge in [-0.2, -0.15) is 0 Å². The normalized spacial score (nSPS) is 24.3. The minimum absolute atomic E-state index is 0.0840. The van der Waals surface area contributed by atoms with Gasteiger partial charge < -0.3 is 15.5 Å². The van der Waals surface area contributed by atoms with Crippen LogP contribution >= 0.6 is 0 Å².